The van der Waals surface area contributed by atoms with Gasteiger partial charge in [0.2, 0.25) is 5.91 Å². The van der Waals surface area contributed by atoms with Gasteiger partial charge in [-0.2, -0.15) is 0 Å². The highest BCUT2D eigenvalue weighted by molar-refractivity contribution is 6.32. The summed E-state index contributed by atoms with van der Waals surface area (Å²) in [4.78, 5) is 28.8. The topological polar surface area (TPSA) is 71.1 Å². The van der Waals surface area contributed by atoms with Gasteiger partial charge in [-0.15, -0.1) is 0 Å². The van der Waals surface area contributed by atoms with Crippen molar-refractivity contribution in [3.8, 4) is 5.75 Å². The molecule has 0 aromatic heterocycles. The smallest absolute Gasteiger partial charge is 0.410 e. The Hall–Kier alpha value is -1.99. The minimum atomic E-state index is -0.513. The molecule has 2 amide bonds. The van der Waals surface area contributed by atoms with E-state index in [9.17, 15) is 9.59 Å². The van der Waals surface area contributed by atoms with E-state index in [0.717, 1.165) is 25.9 Å². The number of methoxy groups -OCH3 is 1. The van der Waals surface area contributed by atoms with Gasteiger partial charge in [0.1, 0.15) is 11.4 Å². The SMILES string of the molecule is COc1ccc(NC(=O)C(C)N2CCCC(CN(C)C(=O)OC(C)(C)C)C2)cc1Cl. The summed E-state index contributed by atoms with van der Waals surface area (Å²) < 4.78 is 10.6. The number of carbonyl (C=O) groups is 2. The Kier molecular flexibility index (Phi) is 8.38. The average molecular weight is 440 g/mol. The largest absolute Gasteiger partial charge is 0.495 e. The molecule has 1 saturated heterocycles. The van der Waals surface area contributed by atoms with Crippen molar-refractivity contribution in [2.75, 3.05) is 39.1 Å². The molecule has 2 atom stereocenters. The molecule has 0 radical (unpaired) electrons. The van der Waals surface area contributed by atoms with Crippen LogP contribution in [0.25, 0.3) is 0 Å². The highest BCUT2D eigenvalue weighted by Gasteiger charge is 2.29. The van der Waals surface area contributed by atoms with Crippen LogP contribution in [0, 0.1) is 5.92 Å². The zero-order valence-electron chi connectivity index (χ0n) is 18.8. The van der Waals surface area contributed by atoms with E-state index in [1.807, 2.05) is 27.7 Å². The first-order valence-electron chi connectivity index (χ1n) is 10.3. The van der Waals surface area contributed by atoms with Gasteiger partial charge in [0.15, 0.2) is 0 Å². The number of nitrogens with zero attached hydrogens (tertiary/aromatic N) is 2. The highest BCUT2D eigenvalue weighted by Crippen LogP contribution is 2.27. The maximum atomic E-state index is 12.8. The van der Waals surface area contributed by atoms with Gasteiger partial charge < -0.3 is 19.7 Å². The molecular weight excluding hydrogens is 406 g/mol. The van der Waals surface area contributed by atoms with Gasteiger partial charge in [0.25, 0.3) is 0 Å². The zero-order valence-corrected chi connectivity index (χ0v) is 19.6. The van der Waals surface area contributed by atoms with Gasteiger partial charge in [-0.1, -0.05) is 11.6 Å². The number of halogens is 1. The Bertz CT molecular complexity index is 750. The number of amides is 2. The van der Waals surface area contributed by atoms with E-state index in [0.29, 0.717) is 28.9 Å². The molecule has 168 valence electrons. The molecule has 30 heavy (non-hydrogen) atoms. The van der Waals surface area contributed by atoms with Crippen LogP contribution in [0.15, 0.2) is 18.2 Å². The Labute approximate surface area is 184 Å². The normalized spacial score (nSPS) is 18.4. The van der Waals surface area contributed by atoms with Crippen molar-refractivity contribution in [1.29, 1.82) is 0 Å². The number of hydrogen-bond acceptors (Lipinski definition) is 5. The average Bonchev–Trinajstić information content (AvgIpc) is 2.66. The molecule has 0 bridgehead atoms. The first-order valence-corrected chi connectivity index (χ1v) is 10.7. The van der Waals surface area contributed by atoms with Crippen LogP contribution in [0.5, 0.6) is 5.75 Å². The van der Waals surface area contributed by atoms with E-state index in [2.05, 4.69) is 10.2 Å². The fourth-order valence-corrected chi connectivity index (χ4v) is 3.81. The summed E-state index contributed by atoms with van der Waals surface area (Å²) in [6, 6.07) is 4.89. The van der Waals surface area contributed by atoms with Crippen LogP contribution < -0.4 is 10.1 Å². The van der Waals surface area contributed by atoms with Gasteiger partial charge in [-0.3, -0.25) is 9.69 Å². The van der Waals surface area contributed by atoms with Gasteiger partial charge in [0, 0.05) is 25.8 Å². The number of anilines is 1. The first kappa shape index (κ1) is 24.3. The predicted octanol–water partition coefficient (Wildman–Crippen LogP) is 4.25. The number of piperidine rings is 1. The Morgan fingerprint density at radius 3 is 2.67 bits per heavy atom. The second kappa shape index (κ2) is 10.4. The molecule has 1 heterocycles. The van der Waals surface area contributed by atoms with Gasteiger partial charge >= 0.3 is 6.09 Å². The minimum absolute atomic E-state index is 0.0858. The molecule has 0 spiro atoms. The molecule has 1 aliphatic rings. The van der Waals surface area contributed by atoms with Crippen LogP contribution in [0.2, 0.25) is 5.02 Å². The zero-order chi connectivity index (χ0) is 22.5. The van der Waals surface area contributed by atoms with E-state index in [-0.39, 0.29) is 18.0 Å². The molecule has 0 saturated carbocycles. The lowest BCUT2D eigenvalue weighted by molar-refractivity contribution is -0.121. The lowest BCUT2D eigenvalue weighted by atomic mass is 9.96. The van der Waals surface area contributed by atoms with Gasteiger partial charge in [-0.25, -0.2) is 4.79 Å². The fraction of sp³-hybridized carbons (Fsp3) is 0.636. The molecule has 1 N–H and O–H groups in total. The maximum Gasteiger partial charge on any atom is 0.410 e. The van der Waals surface area contributed by atoms with E-state index in [1.54, 1.807) is 37.3 Å². The summed E-state index contributed by atoms with van der Waals surface area (Å²) in [5, 5.41) is 3.38. The molecule has 1 fully saturated rings. The Morgan fingerprint density at radius 2 is 2.07 bits per heavy atom. The van der Waals surface area contributed by atoms with Gasteiger partial charge in [-0.05, 0) is 71.2 Å². The summed E-state index contributed by atoms with van der Waals surface area (Å²) in [6.07, 6.45) is 1.69. The van der Waals surface area contributed by atoms with Crippen molar-refractivity contribution >= 4 is 29.3 Å². The summed E-state index contributed by atoms with van der Waals surface area (Å²) in [5.41, 5.74) is 0.122. The predicted molar refractivity (Wildman–Crippen MR) is 119 cm³/mol. The third-order valence-electron chi connectivity index (χ3n) is 5.13. The number of ether oxygens (including phenoxy) is 2. The third-order valence-corrected chi connectivity index (χ3v) is 5.43. The number of rotatable bonds is 6. The number of carbonyl (C=O) groups excluding carboxylic acids is 2. The maximum absolute atomic E-state index is 12.8. The fourth-order valence-electron chi connectivity index (χ4n) is 3.56. The molecule has 0 aliphatic carbocycles. The quantitative estimate of drug-likeness (QED) is 0.717. The number of nitrogens with one attached hydrogen (secondary N) is 1. The van der Waals surface area contributed by atoms with Crippen LogP contribution in [0.1, 0.15) is 40.5 Å². The van der Waals surface area contributed by atoms with E-state index in [1.165, 1.54) is 0 Å². The first-order chi connectivity index (χ1) is 14.0. The minimum Gasteiger partial charge on any atom is -0.495 e. The Morgan fingerprint density at radius 1 is 1.37 bits per heavy atom. The summed E-state index contributed by atoms with van der Waals surface area (Å²) in [7, 11) is 3.31. The second-order valence-corrected chi connectivity index (χ2v) is 9.29. The van der Waals surface area contributed by atoms with Crippen molar-refractivity contribution < 1.29 is 19.1 Å². The summed E-state index contributed by atoms with van der Waals surface area (Å²) in [5.74, 6) is 0.773. The molecule has 7 nitrogen and oxygen atoms in total. The number of benzene rings is 1. The van der Waals surface area contributed by atoms with Crippen LogP contribution in [0.4, 0.5) is 10.5 Å². The number of likely N-dealkylation sites (tertiary alicyclic amines) is 1. The Balaban J connectivity index is 1.91. The monoisotopic (exact) mass is 439 g/mol. The van der Waals surface area contributed by atoms with Crippen molar-refractivity contribution in [3.63, 3.8) is 0 Å². The molecule has 2 unspecified atom stereocenters. The molecule has 1 aromatic rings. The second-order valence-electron chi connectivity index (χ2n) is 8.88. The van der Waals surface area contributed by atoms with Crippen molar-refractivity contribution in [1.82, 2.24) is 9.80 Å². The summed E-state index contributed by atoms with van der Waals surface area (Å²) in [6.45, 7) is 9.69. The molecular formula is C22H34ClN3O4. The van der Waals surface area contributed by atoms with E-state index < -0.39 is 5.60 Å². The molecule has 8 heteroatoms. The van der Waals surface area contributed by atoms with Crippen LogP contribution in [-0.2, 0) is 9.53 Å². The van der Waals surface area contributed by atoms with Crippen LogP contribution in [-0.4, -0.2) is 67.2 Å². The lowest BCUT2D eigenvalue weighted by Crippen LogP contribution is -2.49. The standard InChI is InChI=1S/C22H34ClN3O4/c1-15(20(27)24-17-9-10-19(29-6)18(23)12-17)26-11-7-8-16(14-26)13-25(5)21(28)30-22(2,3)4/h9-10,12,15-16H,7-8,11,13-14H2,1-6H3,(H,24,27). The van der Waals surface area contributed by atoms with Crippen molar-refractivity contribution in [2.45, 2.75) is 52.2 Å². The highest BCUT2D eigenvalue weighted by atomic mass is 35.5. The summed E-state index contributed by atoms with van der Waals surface area (Å²) >= 11 is 6.15. The number of hydrogen-bond donors (Lipinski definition) is 1. The van der Waals surface area contributed by atoms with Crippen molar-refractivity contribution in [2.24, 2.45) is 5.92 Å². The van der Waals surface area contributed by atoms with Crippen LogP contribution in [0.3, 0.4) is 0 Å². The lowest BCUT2D eigenvalue weighted by Gasteiger charge is -2.37. The van der Waals surface area contributed by atoms with Crippen molar-refractivity contribution in [3.05, 3.63) is 23.2 Å². The van der Waals surface area contributed by atoms with E-state index >= 15 is 0 Å². The molecule has 1 aromatic carbocycles. The molecule has 1 aliphatic heterocycles. The molecule has 2 rings (SSSR count). The van der Waals surface area contributed by atoms with E-state index in [4.69, 9.17) is 21.1 Å². The van der Waals surface area contributed by atoms with Crippen LogP contribution >= 0.6 is 11.6 Å². The third kappa shape index (κ3) is 7.06. The van der Waals surface area contributed by atoms with Gasteiger partial charge in [0.05, 0.1) is 18.2 Å².